The lowest BCUT2D eigenvalue weighted by Gasteiger charge is -2.22. The number of benzene rings is 2. The van der Waals surface area contributed by atoms with Crippen LogP contribution in [-0.4, -0.2) is 43.2 Å². The first kappa shape index (κ1) is 30.9. The maximum Gasteiger partial charge on any atom is 0.339 e. The molecule has 0 spiro atoms. The molecule has 2 aromatic carbocycles. The van der Waals surface area contributed by atoms with E-state index in [4.69, 9.17) is 9.47 Å². The van der Waals surface area contributed by atoms with Crippen molar-refractivity contribution in [2.45, 2.75) is 27.7 Å². The fourth-order valence-electron chi connectivity index (χ4n) is 2.78. The summed E-state index contributed by atoms with van der Waals surface area (Å²) in [7, 11) is 0. The first-order valence-electron chi connectivity index (χ1n) is 11.4. The zero-order chi connectivity index (χ0) is 27.8. The van der Waals surface area contributed by atoms with Gasteiger partial charge in [-0.2, -0.15) is 5.11 Å². The van der Waals surface area contributed by atoms with Gasteiger partial charge in [-0.05, 0) is 55.5 Å². The third-order valence-corrected chi connectivity index (χ3v) is 4.73. The molecule has 0 aromatic heterocycles. The summed E-state index contributed by atoms with van der Waals surface area (Å²) in [5.41, 5.74) is 1.30. The standard InChI is InChI=1S/C24H24N4O6S.C2H6/c1-4-27(12-14-34-23(29)17(2)3)20-9-7-19(8-10-20)25-26-21-11-6-18(16-22(21)28(31)32)24(30)33-13-5-15-35;1-2/h6-11,16,35H,2,4,12-14H2,1,3H3;1-2H3. The lowest BCUT2D eigenvalue weighted by Crippen LogP contribution is -2.28. The smallest absolute Gasteiger partial charge is 0.339 e. The minimum atomic E-state index is -0.752. The number of esters is 2. The molecular formula is C26H30N4O6S. The summed E-state index contributed by atoms with van der Waals surface area (Å²) in [4.78, 5) is 36.3. The molecule has 11 heteroatoms. The van der Waals surface area contributed by atoms with E-state index in [0.717, 1.165) is 11.8 Å². The van der Waals surface area contributed by atoms with Crippen molar-refractivity contribution in [1.29, 1.82) is 0 Å². The van der Waals surface area contributed by atoms with E-state index in [2.05, 4.69) is 40.6 Å². The van der Waals surface area contributed by atoms with Crippen LogP contribution >= 0.6 is 12.6 Å². The number of azo groups is 1. The van der Waals surface area contributed by atoms with Crippen molar-refractivity contribution in [3.05, 3.63) is 70.3 Å². The Labute approximate surface area is 221 Å². The van der Waals surface area contributed by atoms with Gasteiger partial charge in [-0.25, -0.2) is 9.59 Å². The number of likely N-dealkylation sites (N-methyl/N-ethyl adjacent to an activating group) is 1. The van der Waals surface area contributed by atoms with Crippen molar-refractivity contribution >= 4 is 47.3 Å². The molecule has 37 heavy (non-hydrogen) atoms. The van der Waals surface area contributed by atoms with Gasteiger partial charge in [-0.1, -0.05) is 39.0 Å². The number of anilines is 1. The summed E-state index contributed by atoms with van der Waals surface area (Å²) >= 11 is 3.68. The van der Waals surface area contributed by atoms with Crippen LogP contribution in [0.2, 0.25) is 0 Å². The maximum atomic E-state index is 12.0. The average molecular weight is 527 g/mol. The first-order valence-corrected chi connectivity index (χ1v) is 11.9. The lowest BCUT2D eigenvalue weighted by atomic mass is 10.2. The number of carbonyl (C=O) groups is 2. The molecule has 0 saturated carbocycles. The predicted molar refractivity (Wildman–Crippen MR) is 146 cm³/mol. The molecular weight excluding hydrogens is 496 g/mol. The highest BCUT2D eigenvalue weighted by Crippen LogP contribution is 2.30. The maximum absolute atomic E-state index is 12.0. The molecule has 0 amide bonds. The van der Waals surface area contributed by atoms with E-state index < -0.39 is 16.9 Å². The van der Waals surface area contributed by atoms with Crippen LogP contribution in [0.15, 0.2) is 64.8 Å². The summed E-state index contributed by atoms with van der Waals surface area (Å²) in [5, 5.41) is 21.8. The zero-order valence-corrected chi connectivity index (χ0v) is 22.2. The van der Waals surface area contributed by atoms with Crippen molar-refractivity contribution in [3.8, 4) is 11.2 Å². The fraction of sp³-hybridized carbons (Fsp3) is 0.308. The third kappa shape index (κ3) is 10.1. The molecule has 0 aliphatic carbocycles. The number of ether oxygens (including phenoxy) is 2. The Hall–Kier alpha value is -4.17. The average Bonchev–Trinajstić information content (AvgIpc) is 2.91. The van der Waals surface area contributed by atoms with Crippen molar-refractivity contribution in [2.24, 2.45) is 10.2 Å². The molecule has 0 heterocycles. The molecule has 0 aliphatic rings. The molecule has 0 saturated heterocycles. The summed E-state index contributed by atoms with van der Waals surface area (Å²) in [5.74, 6) is 1.26. The Bertz CT molecular complexity index is 1190. The van der Waals surface area contributed by atoms with Crippen LogP contribution in [0.3, 0.4) is 0 Å². The van der Waals surface area contributed by atoms with Gasteiger partial charge in [0.05, 0.1) is 22.7 Å². The number of hydrogen-bond acceptors (Lipinski definition) is 10. The second-order valence-electron chi connectivity index (χ2n) is 7.04. The summed E-state index contributed by atoms with van der Waals surface area (Å²) in [6.45, 7) is 12.3. The SMILES string of the molecule is C=C(C)C(=O)OCCN(CC)c1ccc(N=Nc2ccc(C(=O)OCC#CS)cc2[N+](=O)[O-])cc1.CC. The minimum absolute atomic E-state index is 0.00504. The van der Waals surface area contributed by atoms with E-state index in [9.17, 15) is 19.7 Å². The highest BCUT2D eigenvalue weighted by molar-refractivity contribution is 7.85. The molecule has 0 bridgehead atoms. The van der Waals surface area contributed by atoms with Gasteiger partial charge in [0.2, 0.25) is 0 Å². The molecule has 0 atom stereocenters. The van der Waals surface area contributed by atoms with Crippen LogP contribution in [0.25, 0.3) is 0 Å². The van der Waals surface area contributed by atoms with Gasteiger partial charge >= 0.3 is 11.9 Å². The van der Waals surface area contributed by atoms with E-state index in [1.165, 1.54) is 12.1 Å². The van der Waals surface area contributed by atoms with Crippen molar-refractivity contribution in [1.82, 2.24) is 0 Å². The highest BCUT2D eigenvalue weighted by atomic mass is 32.1. The van der Waals surface area contributed by atoms with Crippen molar-refractivity contribution in [2.75, 3.05) is 31.2 Å². The van der Waals surface area contributed by atoms with Gasteiger partial charge in [-0.3, -0.25) is 10.1 Å². The number of nitro benzene ring substituents is 1. The monoisotopic (exact) mass is 526 g/mol. The molecule has 2 aromatic rings. The predicted octanol–water partition coefficient (Wildman–Crippen LogP) is 6.03. The summed E-state index contributed by atoms with van der Waals surface area (Å²) in [6.07, 6.45) is 0. The minimum Gasteiger partial charge on any atom is -0.460 e. The first-order chi connectivity index (χ1) is 17.8. The van der Waals surface area contributed by atoms with Gasteiger partial charge in [-0.15, -0.1) is 5.11 Å². The number of rotatable bonds is 11. The van der Waals surface area contributed by atoms with Gasteiger partial charge in [0.15, 0.2) is 12.3 Å². The molecule has 0 fully saturated rings. The Balaban J connectivity index is 0.00000334. The number of carbonyl (C=O) groups excluding carboxylic acids is 2. The Kier molecular flexibility index (Phi) is 13.8. The van der Waals surface area contributed by atoms with E-state index in [1.807, 2.05) is 37.8 Å². The summed E-state index contributed by atoms with van der Waals surface area (Å²) in [6, 6.07) is 10.8. The number of nitrogens with zero attached hydrogens (tertiary/aromatic N) is 4. The van der Waals surface area contributed by atoms with Gasteiger partial charge in [0.1, 0.15) is 6.61 Å². The molecule has 0 radical (unpaired) electrons. The Morgan fingerprint density at radius 2 is 1.81 bits per heavy atom. The second-order valence-corrected chi connectivity index (χ2v) is 7.26. The van der Waals surface area contributed by atoms with E-state index in [0.29, 0.717) is 24.4 Å². The molecule has 0 aliphatic heterocycles. The molecule has 2 rings (SSSR count). The van der Waals surface area contributed by atoms with Crippen molar-refractivity contribution in [3.63, 3.8) is 0 Å². The Morgan fingerprint density at radius 1 is 1.14 bits per heavy atom. The van der Waals surface area contributed by atoms with E-state index in [-0.39, 0.29) is 30.2 Å². The van der Waals surface area contributed by atoms with Gasteiger partial charge in [0.25, 0.3) is 5.69 Å². The molecule has 0 N–H and O–H groups in total. The van der Waals surface area contributed by atoms with E-state index >= 15 is 0 Å². The quantitative estimate of drug-likeness (QED) is 0.0721. The number of hydrogen-bond donors (Lipinski definition) is 1. The molecule has 0 unspecified atom stereocenters. The molecule has 10 nitrogen and oxygen atoms in total. The fourth-order valence-corrected chi connectivity index (χ4v) is 2.85. The van der Waals surface area contributed by atoms with Crippen molar-refractivity contribution < 1.29 is 24.0 Å². The van der Waals surface area contributed by atoms with Crippen LogP contribution in [-0.2, 0) is 14.3 Å². The zero-order valence-electron chi connectivity index (χ0n) is 21.3. The molecule has 196 valence electrons. The van der Waals surface area contributed by atoms with E-state index in [1.54, 1.807) is 19.1 Å². The van der Waals surface area contributed by atoms with Crippen LogP contribution < -0.4 is 4.90 Å². The normalized spacial score (nSPS) is 9.86. The number of thiol groups is 1. The highest BCUT2D eigenvalue weighted by Gasteiger charge is 2.18. The lowest BCUT2D eigenvalue weighted by molar-refractivity contribution is -0.384. The van der Waals surface area contributed by atoms with Crippen LogP contribution in [0.5, 0.6) is 0 Å². The Morgan fingerprint density at radius 3 is 2.38 bits per heavy atom. The van der Waals surface area contributed by atoms with Gasteiger partial charge in [0, 0.05) is 23.9 Å². The van der Waals surface area contributed by atoms with Gasteiger partial charge < -0.3 is 14.4 Å². The topological polar surface area (TPSA) is 124 Å². The summed E-state index contributed by atoms with van der Waals surface area (Å²) < 4.78 is 10.0. The van der Waals surface area contributed by atoms with Crippen LogP contribution in [0, 0.1) is 21.3 Å². The van der Waals surface area contributed by atoms with Crippen LogP contribution in [0.4, 0.5) is 22.7 Å². The second kappa shape index (κ2) is 16.5. The number of nitro groups is 1. The third-order valence-electron chi connectivity index (χ3n) is 4.57. The largest absolute Gasteiger partial charge is 0.460 e. The van der Waals surface area contributed by atoms with Crippen LogP contribution in [0.1, 0.15) is 38.1 Å².